The van der Waals surface area contributed by atoms with E-state index in [9.17, 15) is 13.2 Å². The first-order chi connectivity index (χ1) is 9.01. The largest absolute Gasteiger partial charge is 0.352 e. The molecule has 0 fully saturated rings. The van der Waals surface area contributed by atoms with Crippen LogP contribution in [0.3, 0.4) is 0 Å². The number of nitriles is 1. The summed E-state index contributed by atoms with van der Waals surface area (Å²) < 4.78 is 40.0. The van der Waals surface area contributed by atoms with E-state index in [2.05, 4.69) is 21.2 Å². The Morgan fingerprint density at radius 3 is 2.32 bits per heavy atom. The summed E-state index contributed by atoms with van der Waals surface area (Å²) in [6.07, 6.45) is 0. The van der Waals surface area contributed by atoms with E-state index in [1.54, 1.807) is 12.1 Å². The van der Waals surface area contributed by atoms with Crippen molar-refractivity contribution in [3.8, 4) is 6.07 Å². The Hall–Kier alpha value is -2.00. The van der Waals surface area contributed by atoms with Crippen LogP contribution in [0.5, 0.6) is 0 Å². The summed E-state index contributed by atoms with van der Waals surface area (Å²) in [7, 11) is 0. The summed E-state index contributed by atoms with van der Waals surface area (Å²) in [5.41, 5.74) is 0.308. The zero-order valence-corrected chi connectivity index (χ0v) is 10.9. The minimum Gasteiger partial charge on any atom is -0.352 e. The highest BCUT2D eigenvalue weighted by Gasteiger charge is 2.11. The molecule has 0 aliphatic rings. The van der Waals surface area contributed by atoms with Crippen LogP contribution in [-0.4, -0.2) is 0 Å². The van der Waals surface area contributed by atoms with Crippen molar-refractivity contribution in [3.63, 3.8) is 0 Å². The van der Waals surface area contributed by atoms with Gasteiger partial charge in [0.05, 0.1) is 16.9 Å². The Labute approximate surface area is 115 Å². The molecule has 0 saturated heterocycles. The summed E-state index contributed by atoms with van der Waals surface area (Å²) >= 11 is 3.21. The average molecular weight is 327 g/mol. The minimum atomic E-state index is -1.27. The quantitative estimate of drug-likeness (QED) is 0.826. The van der Waals surface area contributed by atoms with Crippen LogP contribution in [0.4, 0.5) is 24.5 Å². The molecule has 0 amide bonds. The molecule has 0 saturated carbocycles. The van der Waals surface area contributed by atoms with Gasteiger partial charge in [0, 0.05) is 16.6 Å². The highest BCUT2D eigenvalue weighted by molar-refractivity contribution is 9.10. The molecule has 2 rings (SSSR count). The van der Waals surface area contributed by atoms with Gasteiger partial charge in [0.2, 0.25) is 0 Å². The molecule has 0 aliphatic heterocycles. The molecule has 0 bridgehead atoms. The summed E-state index contributed by atoms with van der Waals surface area (Å²) in [5, 5.41) is 11.5. The van der Waals surface area contributed by atoms with Crippen LogP contribution in [0, 0.1) is 28.8 Å². The maximum absolute atomic E-state index is 13.5. The lowest BCUT2D eigenvalue weighted by molar-refractivity contribution is 0.496. The van der Waals surface area contributed by atoms with Crippen molar-refractivity contribution in [1.29, 1.82) is 5.26 Å². The van der Waals surface area contributed by atoms with Crippen molar-refractivity contribution in [2.24, 2.45) is 0 Å². The van der Waals surface area contributed by atoms with Crippen molar-refractivity contribution in [2.45, 2.75) is 0 Å². The molecule has 0 heterocycles. The van der Waals surface area contributed by atoms with Gasteiger partial charge in [0.15, 0.2) is 11.6 Å². The molecular weight excluding hydrogens is 321 g/mol. The van der Waals surface area contributed by atoms with E-state index < -0.39 is 17.5 Å². The van der Waals surface area contributed by atoms with Crippen LogP contribution < -0.4 is 5.32 Å². The van der Waals surface area contributed by atoms with Gasteiger partial charge in [-0.15, -0.1) is 0 Å². The number of anilines is 2. The summed E-state index contributed by atoms with van der Waals surface area (Å²) in [5.74, 6) is -3.38. The van der Waals surface area contributed by atoms with Gasteiger partial charge in [-0.05, 0) is 18.2 Å². The predicted octanol–water partition coefficient (Wildman–Crippen LogP) is 4.48. The number of hydrogen-bond donors (Lipinski definition) is 1. The molecule has 96 valence electrons. The van der Waals surface area contributed by atoms with E-state index in [1.807, 2.05) is 6.07 Å². The second-order valence-corrected chi connectivity index (χ2v) is 4.59. The highest BCUT2D eigenvalue weighted by Crippen LogP contribution is 2.27. The van der Waals surface area contributed by atoms with Crippen LogP contribution in [0.25, 0.3) is 0 Å². The number of nitrogens with one attached hydrogen (secondary N) is 1. The number of benzene rings is 2. The number of nitrogens with zero attached hydrogens (tertiary/aromatic N) is 1. The Bertz CT molecular complexity index is 680. The molecule has 0 radical (unpaired) electrons. The van der Waals surface area contributed by atoms with Gasteiger partial charge in [-0.2, -0.15) is 5.26 Å². The van der Waals surface area contributed by atoms with E-state index in [1.165, 1.54) is 6.07 Å². The fraction of sp³-hybridized carbons (Fsp3) is 0. The Balaban J connectivity index is 2.45. The summed E-state index contributed by atoms with van der Waals surface area (Å²) in [6, 6.07) is 7.77. The van der Waals surface area contributed by atoms with Gasteiger partial charge in [0.1, 0.15) is 11.9 Å². The topological polar surface area (TPSA) is 35.8 Å². The van der Waals surface area contributed by atoms with E-state index >= 15 is 0 Å². The smallest absolute Gasteiger partial charge is 0.161 e. The molecule has 2 aromatic carbocycles. The summed E-state index contributed by atoms with van der Waals surface area (Å²) in [6.45, 7) is 0. The first-order valence-electron chi connectivity index (χ1n) is 5.12. The zero-order valence-electron chi connectivity index (χ0n) is 9.35. The first-order valence-corrected chi connectivity index (χ1v) is 5.92. The molecule has 6 heteroatoms. The first kappa shape index (κ1) is 13.4. The van der Waals surface area contributed by atoms with E-state index in [0.29, 0.717) is 22.3 Å². The molecule has 2 aromatic rings. The molecule has 0 atom stereocenters. The Kier molecular flexibility index (Phi) is 3.76. The van der Waals surface area contributed by atoms with Gasteiger partial charge in [-0.1, -0.05) is 15.9 Å². The number of hydrogen-bond acceptors (Lipinski definition) is 2. The molecule has 1 N–H and O–H groups in total. The second-order valence-electron chi connectivity index (χ2n) is 3.67. The molecule has 2 nitrogen and oxygen atoms in total. The zero-order chi connectivity index (χ0) is 14.0. The Morgan fingerprint density at radius 2 is 1.63 bits per heavy atom. The lowest BCUT2D eigenvalue weighted by atomic mass is 10.2. The summed E-state index contributed by atoms with van der Waals surface area (Å²) in [4.78, 5) is 0. The molecule has 0 aromatic heterocycles. The van der Waals surface area contributed by atoms with Crippen LogP contribution in [0.1, 0.15) is 5.56 Å². The third kappa shape index (κ3) is 2.88. The minimum absolute atomic E-state index is 0.242. The number of rotatable bonds is 2. The molecular formula is C13H6BrF3N2. The number of halogens is 4. The lowest BCUT2D eigenvalue weighted by Crippen LogP contribution is -1.99. The van der Waals surface area contributed by atoms with Crippen molar-refractivity contribution >= 4 is 27.3 Å². The van der Waals surface area contributed by atoms with E-state index in [-0.39, 0.29) is 11.3 Å². The van der Waals surface area contributed by atoms with Gasteiger partial charge in [-0.3, -0.25) is 0 Å². The molecule has 0 spiro atoms. The van der Waals surface area contributed by atoms with Crippen molar-refractivity contribution in [2.75, 3.05) is 5.32 Å². The van der Waals surface area contributed by atoms with E-state index in [4.69, 9.17) is 5.26 Å². The third-order valence-corrected chi connectivity index (χ3v) is 2.87. The SMILES string of the molecule is N#Cc1ccc(Br)cc1Nc1cc(F)c(F)cc1F. The van der Waals surface area contributed by atoms with E-state index in [0.717, 1.165) is 0 Å². The maximum Gasteiger partial charge on any atom is 0.161 e. The predicted molar refractivity (Wildman–Crippen MR) is 68.5 cm³/mol. The lowest BCUT2D eigenvalue weighted by Gasteiger charge is -2.10. The molecule has 0 unspecified atom stereocenters. The fourth-order valence-electron chi connectivity index (χ4n) is 1.48. The van der Waals surface area contributed by atoms with Crippen LogP contribution in [0.2, 0.25) is 0 Å². The van der Waals surface area contributed by atoms with Gasteiger partial charge in [-0.25, -0.2) is 13.2 Å². The maximum atomic E-state index is 13.5. The van der Waals surface area contributed by atoms with Crippen LogP contribution >= 0.6 is 15.9 Å². The molecule has 19 heavy (non-hydrogen) atoms. The van der Waals surface area contributed by atoms with Gasteiger partial charge >= 0.3 is 0 Å². The van der Waals surface area contributed by atoms with Crippen molar-refractivity contribution in [3.05, 3.63) is 57.8 Å². The Morgan fingerprint density at radius 1 is 0.947 bits per heavy atom. The van der Waals surface area contributed by atoms with Crippen LogP contribution in [-0.2, 0) is 0 Å². The standard InChI is InChI=1S/C13H6BrF3N2/c14-8-2-1-7(6-18)12(3-8)19-13-5-10(16)9(15)4-11(13)17/h1-5,19H. The highest BCUT2D eigenvalue weighted by atomic mass is 79.9. The normalized spacial score (nSPS) is 10.1. The third-order valence-electron chi connectivity index (χ3n) is 2.38. The van der Waals surface area contributed by atoms with Gasteiger partial charge in [0.25, 0.3) is 0 Å². The molecule has 0 aliphatic carbocycles. The monoisotopic (exact) mass is 326 g/mol. The van der Waals surface area contributed by atoms with Crippen molar-refractivity contribution in [1.82, 2.24) is 0 Å². The average Bonchev–Trinajstić information content (AvgIpc) is 2.36. The van der Waals surface area contributed by atoms with Crippen LogP contribution in [0.15, 0.2) is 34.8 Å². The van der Waals surface area contributed by atoms with Crippen molar-refractivity contribution < 1.29 is 13.2 Å². The van der Waals surface area contributed by atoms with Gasteiger partial charge < -0.3 is 5.32 Å². The fourth-order valence-corrected chi connectivity index (χ4v) is 1.84. The second kappa shape index (κ2) is 5.33.